The molecule has 0 amide bonds. The van der Waals surface area contributed by atoms with Crippen LogP contribution >= 0.6 is 15.9 Å². The second-order valence-corrected chi connectivity index (χ2v) is 8.49. The quantitative estimate of drug-likeness (QED) is 0.509. The lowest BCUT2D eigenvalue weighted by Gasteiger charge is -2.38. The summed E-state index contributed by atoms with van der Waals surface area (Å²) in [6.45, 7) is 2.47. The summed E-state index contributed by atoms with van der Waals surface area (Å²) < 4.78 is 0. The van der Waals surface area contributed by atoms with Crippen molar-refractivity contribution < 1.29 is 0 Å². The summed E-state index contributed by atoms with van der Waals surface area (Å²) in [7, 11) is 0. The summed E-state index contributed by atoms with van der Waals surface area (Å²) in [5, 5.41) is 0. The van der Waals surface area contributed by atoms with E-state index >= 15 is 0 Å². The van der Waals surface area contributed by atoms with Crippen LogP contribution in [-0.2, 0) is 0 Å². The largest absolute Gasteiger partial charge is 0.0833 e. The summed E-state index contributed by atoms with van der Waals surface area (Å²) in [6.07, 6.45) is 14.0. The van der Waals surface area contributed by atoms with Gasteiger partial charge in [0.05, 0.1) is 0 Å². The summed E-state index contributed by atoms with van der Waals surface area (Å²) in [5.41, 5.74) is 3.51. The zero-order valence-corrected chi connectivity index (χ0v) is 15.0. The Morgan fingerprint density at radius 1 is 0.905 bits per heavy atom. The SMILES string of the molecule is CC1(C(Br)c2ccc(C3CCCCC3)cc2)CCCCC1. The van der Waals surface area contributed by atoms with Gasteiger partial charge in [0.15, 0.2) is 0 Å². The van der Waals surface area contributed by atoms with Gasteiger partial charge in [0.25, 0.3) is 0 Å². The number of halogens is 1. The van der Waals surface area contributed by atoms with E-state index in [1.54, 1.807) is 5.56 Å². The van der Waals surface area contributed by atoms with Crippen LogP contribution in [0.5, 0.6) is 0 Å². The highest BCUT2D eigenvalue weighted by molar-refractivity contribution is 9.09. The maximum Gasteiger partial charge on any atom is 0.0448 e. The molecule has 0 heterocycles. The molecule has 116 valence electrons. The fourth-order valence-electron chi connectivity index (χ4n) is 4.39. The van der Waals surface area contributed by atoms with E-state index in [4.69, 9.17) is 0 Å². The number of hydrogen-bond acceptors (Lipinski definition) is 0. The lowest BCUT2D eigenvalue weighted by molar-refractivity contribution is 0.213. The molecule has 1 aromatic carbocycles. The van der Waals surface area contributed by atoms with Gasteiger partial charge in [-0.1, -0.05) is 85.6 Å². The first-order valence-corrected chi connectivity index (χ1v) is 9.84. The van der Waals surface area contributed by atoms with Crippen LogP contribution in [-0.4, -0.2) is 0 Å². The molecule has 0 aliphatic heterocycles. The van der Waals surface area contributed by atoms with E-state index in [9.17, 15) is 0 Å². The first-order valence-electron chi connectivity index (χ1n) is 8.93. The van der Waals surface area contributed by atoms with Crippen LogP contribution in [0, 0.1) is 5.41 Å². The Morgan fingerprint density at radius 2 is 1.48 bits per heavy atom. The van der Waals surface area contributed by atoms with Crippen LogP contribution in [0.1, 0.15) is 93.0 Å². The minimum Gasteiger partial charge on any atom is -0.0833 e. The second-order valence-electron chi connectivity index (χ2n) is 7.58. The molecular weight excluding hydrogens is 320 g/mol. The molecule has 1 unspecified atom stereocenters. The maximum absolute atomic E-state index is 4.02. The Bertz CT molecular complexity index is 435. The highest BCUT2D eigenvalue weighted by atomic mass is 79.9. The monoisotopic (exact) mass is 348 g/mol. The van der Waals surface area contributed by atoms with E-state index in [2.05, 4.69) is 47.1 Å². The first-order chi connectivity index (χ1) is 10.2. The zero-order valence-electron chi connectivity index (χ0n) is 13.4. The molecule has 2 aliphatic rings. The molecule has 1 heteroatoms. The van der Waals surface area contributed by atoms with Gasteiger partial charge in [0, 0.05) is 4.83 Å². The lowest BCUT2D eigenvalue weighted by Crippen LogP contribution is -2.25. The molecule has 0 nitrogen and oxygen atoms in total. The van der Waals surface area contributed by atoms with Crippen molar-refractivity contribution in [3.05, 3.63) is 35.4 Å². The van der Waals surface area contributed by atoms with Gasteiger partial charge >= 0.3 is 0 Å². The molecule has 2 fully saturated rings. The Kier molecular flexibility index (Phi) is 5.09. The summed E-state index contributed by atoms with van der Waals surface area (Å²) in [6, 6.07) is 9.60. The average molecular weight is 349 g/mol. The molecule has 1 aromatic rings. The Balaban J connectivity index is 1.70. The van der Waals surface area contributed by atoms with Gasteiger partial charge in [-0.25, -0.2) is 0 Å². The van der Waals surface area contributed by atoms with Crippen molar-refractivity contribution in [2.75, 3.05) is 0 Å². The molecule has 2 saturated carbocycles. The van der Waals surface area contributed by atoms with Gasteiger partial charge in [0.1, 0.15) is 0 Å². The van der Waals surface area contributed by atoms with Gasteiger partial charge < -0.3 is 0 Å². The van der Waals surface area contributed by atoms with Crippen molar-refractivity contribution >= 4 is 15.9 Å². The van der Waals surface area contributed by atoms with E-state index in [1.165, 1.54) is 69.8 Å². The molecule has 0 spiro atoms. The zero-order chi connectivity index (χ0) is 14.7. The van der Waals surface area contributed by atoms with Crippen molar-refractivity contribution in [1.29, 1.82) is 0 Å². The van der Waals surface area contributed by atoms with E-state index in [-0.39, 0.29) is 0 Å². The van der Waals surface area contributed by atoms with Gasteiger partial charge in [-0.15, -0.1) is 0 Å². The summed E-state index contributed by atoms with van der Waals surface area (Å²) in [4.78, 5) is 0.519. The third kappa shape index (κ3) is 3.55. The van der Waals surface area contributed by atoms with Crippen LogP contribution in [0.15, 0.2) is 24.3 Å². The molecule has 2 aliphatic carbocycles. The van der Waals surface area contributed by atoms with Crippen molar-refractivity contribution in [2.45, 2.75) is 81.9 Å². The van der Waals surface area contributed by atoms with E-state index in [0.29, 0.717) is 10.2 Å². The van der Waals surface area contributed by atoms with Crippen molar-refractivity contribution in [1.82, 2.24) is 0 Å². The molecular formula is C20H29Br. The Hall–Kier alpha value is -0.300. The molecule has 0 N–H and O–H groups in total. The molecule has 1 atom stereocenters. The molecule has 3 rings (SSSR count). The molecule has 0 radical (unpaired) electrons. The van der Waals surface area contributed by atoms with Gasteiger partial charge in [-0.2, -0.15) is 0 Å². The predicted molar refractivity (Wildman–Crippen MR) is 95.1 cm³/mol. The topological polar surface area (TPSA) is 0 Å². The number of rotatable bonds is 3. The number of hydrogen-bond donors (Lipinski definition) is 0. The van der Waals surface area contributed by atoms with Crippen molar-refractivity contribution in [2.24, 2.45) is 5.41 Å². The summed E-state index contributed by atoms with van der Waals surface area (Å²) in [5.74, 6) is 0.826. The van der Waals surface area contributed by atoms with E-state index in [1.807, 2.05) is 0 Å². The van der Waals surface area contributed by atoms with Crippen molar-refractivity contribution in [3.8, 4) is 0 Å². The van der Waals surface area contributed by atoms with Crippen LogP contribution in [0.2, 0.25) is 0 Å². The fourth-order valence-corrected chi connectivity index (χ4v) is 5.15. The third-order valence-electron chi connectivity index (χ3n) is 5.91. The third-order valence-corrected chi connectivity index (χ3v) is 7.55. The molecule has 0 aromatic heterocycles. The number of benzene rings is 1. The fraction of sp³-hybridized carbons (Fsp3) is 0.700. The Morgan fingerprint density at radius 3 is 2.10 bits per heavy atom. The lowest BCUT2D eigenvalue weighted by atomic mass is 9.71. The minimum absolute atomic E-state index is 0.449. The maximum atomic E-state index is 4.02. The van der Waals surface area contributed by atoms with Crippen LogP contribution < -0.4 is 0 Å². The minimum atomic E-state index is 0.449. The number of alkyl halides is 1. The van der Waals surface area contributed by atoms with Crippen LogP contribution in [0.3, 0.4) is 0 Å². The highest BCUT2D eigenvalue weighted by Crippen LogP contribution is 2.50. The van der Waals surface area contributed by atoms with E-state index in [0.717, 1.165) is 5.92 Å². The predicted octanol–water partition coefficient (Wildman–Crippen LogP) is 7.14. The van der Waals surface area contributed by atoms with Crippen LogP contribution in [0.4, 0.5) is 0 Å². The van der Waals surface area contributed by atoms with Crippen LogP contribution in [0.25, 0.3) is 0 Å². The van der Waals surface area contributed by atoms with Gasteiger partial charge in [-0.05, 0) is 48.1 Å². The summed E-state index contributed by atoms with van der Waals surface area (Å²) >= 11 is 4.02. The van der Waals surface area contributed by atoms with Gasteiger partial charge in [0.2, 0.25) is 0 Å². The average Bonchev–Trinajstić information content (AvgIpc) is 2.56. The molecule has 0 saturated heterocycles. The molecule has 0 bridgehead atoms. The molecule has 21 heavy (non-hydrogen) atoms. The van der Waals surface area contributed by atoms with E-state index < -0.39 is 0 Å². The van der Waals surface area contributed by atoms with Gasteiger partial charge in [-0.3, -0.25) is 0 Å². The van der Waals surface area contributed by atoms with Crippen molar-refractivity contribution in [3.63, 3.8) is 0 Å². The first kappa shape index (κ1) is 15.6. The Labute approximate surface area is 138 Å². The standard InChI is InChI=1S/C20H29Br/c1-20(14-6-3-7-15-20)19(21)18-12-10-17(11-13-18)16-8-4-2-5-9-16/h10-13,16,19H,2-9,14-15H2,1H3. The smallest absolute Gasteiger partial charge is 0.0448 e. The normalized spacial score (nSPS) is 24.7. The second kappa shape index (κ2) is 6.86. The highest BCUT2D eigenvalue weighted by Gasteiger charge is 2.34.